The van der Waals surface area contributed by atoms with E-state index in [0.29, 0.717) is 46.5 Å². The van der Waals surface area contributed by atoms with Crippen LogP contribution in [0.1, 0.15) is 34.8 Å². The monoisotopic (exact) mass is 569 g/mol. The minimum Gasteiger partial charge on any atom is -0.453 e. The third kappa shape index (κ3) is 5.85. The number of piperazine rings is 1. The van der Waals surface area contributed by atoms with Gasteiger partial charge in [-0.3, -0.25) is 9.59 Å². The first-order valence-corrected chi connectivity index (χ1v) is 14.4. The summed E-state index contributed by atoms with van der Waals surface area (Å²) in [4.78, 5) is 31.4. The molecule has 4 aromatic rings. The molecule has 6 rings (SSSR count). The molecule has 0 unspecified atom stereocenters. The standard InChI is InChI=1S/C32H32ClN5O3/c1-2-36-14-16-37(17-15-36)31(39)24-8-4-10-26(18-24)35-30-29(41-28-13-12-22-6-3-7-23(22)19-28)21-34-38(32(30)40)27-11-5-9-25(33)20-27/h4-5,8-13,18-21,35H,2-3,6-7,14-17H2,1H3. The third-order valence-corrected chi connectivity index (χ3v) is 8.01. The van der Waals surface area contributed by atoms with Crippen molar-refractivity contribution in [2.24, 2.45) is 0 Å². The largest absolute Gasteiger partial charge is 0.453 e. The van der Waals surface area contributed by atoms with Crippen LogP contribution >= 0.6 is 11.6 Å². The summed E-state index contributed by atoms with van der Waals surface area (Å²) in [6.45, 7) is 6.23. The SMILES string of the molecule is CCN1CCN(C(=O)c2cccc(Nc3c(Oc4ccc5c(c4)CCC5)cnn(-c4cccc(Cl)c4)c3=O)c2)CC1. The normalized spacial score (nSPS) is 15.0. The summed E-state index contributed by atoms with van der Waals surface area (Å²) in [6, 6.07) is 20.2. The molecule has 1 fully saturated rings. The van der Waals surface area contributed by atoms with Gasteiger partial charge in [0.2, 0.25) is 0 Å². The molecule has 210 valence electrons. The fourth-order valence-corrected chi connectivity index (χ4v) is 5.67. The Kier molecular flexibility index (Phi) is 7.76. The minimum atomic E-state index is -0.404. The van der Waals surface area contributed by atoms with E-state index in [1.807, 2.05) is 29.2 Å². The number of ether oxygens (including phenoxy) is 1. The number of nitrogens with zero attached hydrogens (tertiary/aromatic N) is 4. The number of anilines is 2. The van der Waals surface area contributed by atoms with Gasteiger partial charge in [0.15, 0.2) is 11.4 Å². The highest BCUT2D eigenvalue weighted by molar-refractivity contribution is 6.30. The Bertz CT molecular complexity index is 1640. The van der Waals surface area contributed by atoms with Gasteiger partial charge in [-0.15, -0.1) is 0 Å². The molecule has 0 bridgehead atoms. The quantitative estimate of drug-likeness (QED) is 0.308. The molecule has 2 aliphatic rings. The maximum absolute atomic E-state index is 13.8. The first kappa shape index (κ1) is 27.1. The van der Waals surface area contributed by atoms with E-state index in [2.05, 4.69) is 28.3 Å². The number of aryl methyl sites for hydroxylation is 2. The summed E-state index contributed by atoms with van der Waals surface area (Å²) in [5.41, 5.74) is 4.10. The number of hydrogen-bond acceptors (Lipinski definition) is 6. The molecule has 1 N–H and O–H groups in total. The molecule has 8 nitrogen and oxygen atoms in total. The lowest BCUT2D eigenvalue weighted by molar-refractivity contribution is 0.0643. The fourth-order valence-electron chi connectivity index (χ4n) is 5.49. The molecular weight excluding hydrogens is 538 g/mol. The molecule has 9 heteroatoms. The van der Waals surface area contributed by atoms with Gasteiger partial charge in [-0.1, -0.05) is 36.7 Å². The Morgan fingerprint density at radius 2 is 1.78 bits per heavy atom. The predicted molar refractivity (Wildman–Crippen MR) is 161 cm³/mol. The molecule has 1 aliphatic heterocycles. The molecule has 1 amide bonds. The van der Waals surface area contributed by atoms with Crippen molar-refractivity contribution in [1.82, 2.24) is 19.6 Å². The second-order valence-electron chi connectivity index (χ2n) is 10.4. The highest BCUT2D eigenvalue weighted by atomic mass is 35.5. The zero-order valence-electron chi connectivity index (χ0n) is 23.0. The van der Waals surface area contributed by atoms with E-state index in [-0.39, 0.29) is 11.6 Å². The van der Waals surface area contributed by atoms with Crippen molar-refractivity contribution < 1.29 is 9.53 Å². The Balaban J connectivity index is 1.33. The van der Waals surface area contributed by atoms with Crippen LogP contribution in [0.4, 0.5) is 11.4 Å². The maximum Gasteiger partial charge on any atom is 0.299 e. The Hall–Kier alpha value is -4.14. The number of carbonyl (C=O) groups is 1. The van der Waals surface area contributed by atoms with E-state index < -0.39 is 5.56 Å². The summed E-state index contributed by atoms with van der Waals surface area (Å²) in [5, 5.41) is 8.13. The third-order valence-electron chi connectivity index (χ3n) is 7.78. The minimum absolute atomic E-state index is 0.0231. The molecule has 0 spiro atoms. The van der Waals surface area contributed by atoms with Crippen LogP contribution < -0.4 is 15.6 Å². The van der Waals surface area contributed by atoms with E-state index in [0.717, 1.165) is 38.9 Å². The molecule has 0 atom stereocenters. The van der Waals surface area contributed by atoms with Crippen molar-refractivity contribution in [3.05, 3.63) is 105 Å². The smallest absolute Gasteiger partial charge is 0.299 e. The van der Waals surface area contributed by atoms with Gasteiger partial charge < -0.3 is 19.9 Å². The molecule has 2 heterocycles. The number of nitrogens with one attached hydrogen (secondary N) is 1. The van der Waals surface area contributed by atoms with Gasteiger partial charge in [0.05, 0.1) is 11.9 Å². The van der Waals surface area contributed by atoms with Crippen LogP contribution in [0.3, 0.4) is 0 Å². The Morgan fingerprint density at radius 1 is 0.976 bits per heavy atom. The molecule has 41 heavy (non-hydrogen) atoms. The van der Waals surface area contributed by atoms with Crippen molar-refractivity contribution in [3.8, 4) is 17.2 Å². The zero-order valence-corrected chi connectivity index (χ0v) is 23.7. The van der Waals surface area contributed by atoms with E-state index in [4.69, 9.17) is 16.3 Å². The van der Waals surface area contributed by atoms with Crippen molar-refractivity contribution in [2.45, 2.75) is 26.2 Å². The van der Waals surface area contributed by atoms with Crippen LogP contribution in [-0.4, -0.2) is 58.2 Å². The van der Waals surface area contributed by atoms with Gasteiger partial charge in [0, 0.05) is 42.5 Å². The first-order valence-electron chi connectivity index (χ1n) is 14.0. The molecular formula is C32H32ClN5O3. The van der Waals surface area contributed by atoms with Crippen LogP contribution in [0.2, 0.25) is 5.02 Å². The highest BCUT2D eigenvalue weighted by Crippen LogP contribution is 2.32. The van der Waals surface area contributed by atoms with Crippen LogP contribution in [-0.2, 0) is 12.8 Å². The van der Waals surface area contributed by atoms with Crippen LogP contribution in [0.25, 0.3) is 5.69 Å². The Labute approximate surface area is 244 Å². The van der Waals surface area contributed by atoms with E-state index >= 15 is 0 Å². The number of hydrogen-bond donors (Lipinski definition) is 1. The lowest BCUT2D eigenvalue weighted by atomic mass is 10.1. The summed E-state index contributed by atoms with van der Waals surface area (Å²) in [7, 11) is 0. The number of fused-ring (bicyclic) bond motifs is 1. The second-order valence-corrected chi connectivity index (χ2v) is 10.8. The lowest BCUT2D eigenvalue weighted by Gasteiger charge is -2.34. The molecule has 0 radical (unpaired) electrons. The maximum atomic E-state index is 13.8. The van der Waals surface area contributed by atoms with Crippen molar-refractivity contribution in [2.75, 3.05) is 38.0 Å². The van der Waals surface area contributed by atoms with Gasteiger partial charge in [-0.2, -0.15) is 9.78 Å². The van der Waals surface area contributed by atoms with Crippen molar-refractivity contribution >= 4 is 28.9 Å². The van der Waals surface area contributed by atoms with Gasteiger partial charge in [0.25, 0.3) is 11.5 Å². The zero-order chi connectivity index (χ0) is 28.3. The first-order chi connectivity index (χ1) is 20.0. The molecule has 1 aromatic heterocycles. The van der Waals surface area contributed by atoms with E-state index in [1.165, 1.54) is 22.0 Å². The van der Waals surface area contributed by atoms with Crippen LogP contribution in [0.15, 0.2) is 77.7 Å². The highest BCUT2D eigenvalue weighted by Gasteiger charge is 2.22. The van der Waals surface area contributed by atoms with Gasteiger partial charge in [-0.05, 0) is 85.5 Å². The summed E-state index contributed by atoms with van der Waals surface area (Å²) in [5.74, 6) is 0.911. The fraction of sp³-hybridized carbons (Fsp3) is 0.281. The number of likely N-dealkylation sites (N-methyl/N-ethyl adjacent to an activating group) is 1. The van der Waals surface area contributed by atoms with Crippen molar-refractivity contribution in [3.63, 3.8) is 0 Å². The van der Waals surface area contributed by atoms with Gasteiger partial charge >= 0.3 is 0 Å². The number of benzene rings is 3. The summed E-state index contributed by atoms with van der Waals surface area (Å²) >= 11 is 6.21. The average molecular weight is 570 g/mol. The number of carbonyl (C=O) groups excluding carboxylic acids is 1. The van der Waals surface area contributed by atoms with Crippen LogP contribution in [0.5, 0.6) is 11.5 Å². The molecule has 1 aliphatic carbocycles. The topological polar surface area (TPSA) is 79.7 Å². The van der Waals surface area contributed by atoms with Gasteiger partial charge in [0.1, 0.15) is 5.75 Å². The Morgan fingerprint density at radius 3 is 2.59 bits per heavy atom. The van der Waals surface area contributed by atoms with Crippen molar-refractivity contribution in [1.29, 1.82) is 0 Å². The summed E-state index contributed by atoms with van der Waals surface area (Å²) in [6.07, 6.45) is 4.75. The number of amides is 1. The van der Waals surface area contributed by atoms with Gasteiger partial charge in [-0.25, -0.2) is 0 Å². The summed E-state index contributed by atoms with van der Waals surface area (Å²) < 4.78 is 7.54. The predicted octanol–water partition coefficient (Wildman–Crippen LogP) is 5.69. The lowest BCUT2D eigenvalue weighted by Crippen LogP contribution is -2.48. The van der Waals surface area contributed by atoms with E-state index in [9.17, 15) is 9.59 Å². The molecule has 3 aromatic carbocycles. The number of halogens is 1. The molecule has 1 saturated heterocycles. The number of rotatable bonds is 7. The average Bonchev–Trinajstić information content (AvgIpc) is 3.47. The van der Waals surface area contributed by atoms with E-state index in [1.54, 1.807) is 36.4 Å². The second kappa shape index (κ2) is 11.8. The number of aromatic nitrogens is 2. The molecule has 0 saturated carbocycles. The van der Waals surface area contributed by atoms with Crippen LogP contribution in [0, 0.1) is 0 Å².